The normalized spacial score (nSPS) is 10.5. The summed E-state index contributed by atoms with van der Waals surface area (Å²) in [6, 6.07) is 13.3. The second-order valence-corrected chi connectivity index (χ2v) is 5.82. The van der Waals surface area contributed by atoms with Crippen LogP contribution >= 0.6 is 0 Å². The van der Waals surface area contributed by atoms with E-state index in [0.717, 1.165) is 5.56 Å². The van der Waals surface area contributed by atoms with Gasteiger partial charge in [-0.05, 0) is 38.1 Å². The number of aromatic nitrogens is 3. The van der Waals surface area contributed by atoms with Gasteiger partial charge in [-0.25, -0.2) is 9.67 Å². The van der Waals surface area contributed by atoms with E-state index >= 15 is 0 Å². The summed E-state index contributed by atoms with van der Waals surface area (Å²) in [6.45, 7) is 3.92. The molecule has 0 radical (unpaired) electrons. The van der Waals surface area contributed by atoms with Gasteiger partial charge in [0.15, 0.2) is 5.82 Å². The number of aryl methyl sites for hydroxylation is 2. The number of carbonyl (C=O) groups excluding carboxylic acids is 1. The highest BCUT2D eigenvalue weighted by Gasteiger charge is 2.12. The number of nitrogens with zero attached hydrogens (tertiary/aromatic N) is 4. The molecule has 0 aliphatic carbocycles. The zero-order valence-electron chi connectivity index (χ0n) is 14.3. The molecule has 0 atom stereocenters. The summed E-state index contributed by atoms with van der Waals surface area (Å²) in [5.74, 6) is 0.876. The fourth-order valence-electron chi connectivity index (χ4n) is 2.38. The topological polar surface area (TPSA) is 103 Å². The highest BCUT2D eigenvalue weighted by Crippen LogP contribution is 2.19. The summed E-state index contributed by atoms with van der Waals surface area (Å²) in [5.41, 5.74) is 2.34. The standard InChI is InChI=1S/C18H17N5O3/c1-12-3-5-15(6-4-12)18(24)19-11-22-13(2)20-17(21-22)14-7-9-16(10-8-14)23(25)26/h3-10H,11H2,1-2H3,(H,19,24). The molecule has 0 saturated carbocycles. The van der Waals surface area contributed by atoms with Gasteiger partial charge in [-0.1, -0.05) is 17.7 Å². The summed E-state index contributed by atoms with van der Waals surface area (Å²) in [4.78, 5) is 26.8. The van der Waals surface area contributed by atoms with E-state index < -0.39 is 4.92 Å². The molecule has 1 amide bonds. The first-order valence-corrected chi connectivity index (χ1v) is 7.95. The summed E-state index contributed by atoms with van der Waals surface area (Å²) in [5, 5.41) is 17.9. The van der Waals surface area contributed by atoms with Crippen LogP contribution in [0.5, 0.6) is 0 Å². The fourth-order valence-corrected chi connectivity index (χ4v) is 2.38. The molecule has 0 fully saturated rings. The number of hydrogen-bond donors (Lipinski definition) is 1. The van der Waals surface area contributed by atoms with Crippen LogP contribution in [0.3, 0.4) is 0 Å². The van der Waals surface area contributed by atoms with Crippen LogP contribution in [0.25, 0.3) is 11.4 Å². The lowest BCUT2D eigenvalue weighted by Gasteiger charge is -2.06. The second-order valence-electron chi connectivity index (χ2n) is 5.82. The maximum Gasteiger partial charge on any atom is 0.269 e. The van der Waals surface area contributed by atoms with E-state index in [1.165, 1.54) is 12.1 Å². The molecule has 132 valence electrons. The summed E-state index contributed by atoms with van der Waals surface area (Å²) in [6.07, 6.45) is 0. The number of hydrogen-bond acceptors (Lipinski definition) is 5. The van der Waals surface area contributed by atoms with E-state index in [0.29, 0.717) is 22.8 Å². The Hall–Kier alpha value is -3.55. The van der Waals surface area contributed by atoms with E-state index in [4.69, 9.17) is 0 Å². The minimum atomic E-state index is -0.457. The first-order valence-electron chi connectivity index (χ1n) is 7.95. The lowest BCUT2D eigenvalue weighted by atomic mass is 10.1. The Morgan fingerprint density at radius 3 is 2.38 bits per heavy atom. The molecular weight excluding hydrogens is 334 g/mol. The Balaban J connectivity index is 1.71. The molecule has 8 nitrogen and oxygen atoms in total. The predicted octanol–water partition coefficient (Wildman–Crippen LogP) is 2.86. The summed E-state index contributed by atoms with van der Waals surface area (Å²) >= 11 is 0. The molecule has 26 heavy (non-hydrogen) atoms. The fraction of sp³-hybridized carbons (Fsp3) is 0.167. The Kier molecular flexibility index (Phi) is 4.74. The van der Waals surface area contributed by atoms with Crippen LogP contribution in [-0.2, 0) is 6.67 Å². The van der Waals surface area contributed by atoms with Gasteiger partial charge in [-0.2, -0.15) is 0 Å². The van der Waals surface area contributed by atoms with E-state index in [9.17, 15) is 14.9 Å². The smallest absolute Gasteiger partial charge is 0.269 e. The monoisotopic (exact) mass is 351 g/mol. The Bertz CT molecular complexity index is 946. The van der Waals surface area contributed by atoms with Crippen molar-refractivity contribution in [3.8, 4) is 11.4 Å². The quantitative estimate of drug-likeness (QED) is 0.562. The highest BCUT2D eigenvalue weighted by atomic mass is 16.6. The van der Waals surface area contributed by atoms with Crippen LogP contribution in [0.1, 0.15) is 21.7 Å². The molecule has 0 unspecified atom stereocenters. The molecule has 1 aromatic heterocycles. The van der Waals surface area contributed by atoms with Gasteiger partial charge in [0.05, 0.1) is 4.92 Å². The molecule has 0 saturated heterocycles. The Labute approximate surface area is 149 Å². The van der Waals surface area contributed by atoms with Crippen molar-refractivity contribution in [1.82, 2.24) is 20.1 Å². The molecular formula is C18H17N5O3. The van der Waals surface area contributed by atoms with Crippen molar-refractivity contribution in [3.05, 3.63) is 75.6 Å². The molecule has 1 N–H and O–H groups in total. The molecule has 1 heterocycles. The van der Waals surface area contributed by atoms with E-state index in [2.05, 4.69) is 15.4 Å². The van der Waals surface area contributed by atoms with Crippen molar-refractivity contribution >= 4 is 11.6 Å². The number of non-ortho nitro benzene ring substituents is 1. The first kappa shape index (κ1) is 17.3. The van der Waals surface area contributed by atoms with E-state index in [1.807, 2.05) is 19.1 Å². The van der Waals surface area contributed by atoms with E-state index in [-0.39, 0.29) is 18.3 Å². The lowest BCUT2D eigenvalue weighted by Crippen LogP contribution is -2.27. The second kappa shape index (κ2) is 7.14. The molecule has 2 aromatic carbocycles. The van der Waals surface area contributed by atoms with Crippen molar-refractivity contribution in [2.45, 2.75) is 20.5 Å². The maximum absolute atomic E-state index is 12.2. The largest absolute Gasteiger partial charge is 0.333 e. The number of nitro groups is 1. The average Bonchev–Trinajstić information content (AvgIpc) is 3.01. The van der Waals surface area contributed by atoms with Crippen LogP contribution in [0.4, 0.5) is 5.69 Å². The predicted molar refractivity (Wildman–Crippen MR) is 95.5 cm³/mol. The number of nitro benzene ring substituents is 1. The third-order valence-corrected chi connectivity index (χ3v) is 3.90. The third-order valence-electron chi connectivity index (χ3n) is 3.90. The third kappa shape index (κ3) is 3.75. The Morgan fingerprint density at radius 2 is 1.77 bits per heavy atom. The average molecular weight is 351 g/mol. The van der Waals surface area contributed by atoms with Crippen molar-refractivity contribution < 1.29 is 9.72 Å². The van der Waals surface area contributed by atoms with Crippen molar-refractivity contribution in [3.63, 3.8) is 0 Å². The van der Waals surface area contributed by atoms with Gasteiger partial charge >= 0.3 is 0 Å². The minimum Gasteiger partial charge on any atom is -0.333 e. The van der Waals surface area contributed by atoms with Crippen molar-refractivity contribution in [2.24, 2.45) is 0 Å². The number of rotatable bonds is 5. The first-order chi connectivity index (χ1) is 12.4. The highest BCUT2D eigenvalue weighted by molar-refractivity contribution is 5.93. The van der Waals surface area contributed by atoms with E-state index in [1.54, 1.807) is 35.9 Å². The summed E-state index contributed by atoms with van der Waals surface area (Å²) in [7, 11) is 0. The van der Waals surface area contributed by atoms with Crippen LogP contribution in [-0.4, -0.2) is 25.6 Å². The molecule has 3 rings (SSSR count). The van der Waals surface area contributed by atoms with Crippen LogP contribution in [0.2, 0.25) is 0 Å². The SMILES string of the molecule is Cc1ccc(C(=O)NCn2nc(-c3ccc([N+](=O)[O-])cc3)nc2C)cc1. The number of nitrogens with one attached hydrogen (secondary N) is 1. The van der Waals surface area contributed by atoms with Crippen LogP contribution in [0, 0.1) is 24.0 Å². The number of carbonyl (C=O) groups is 1. The molecule has 0 aliphatic heterocycles. The van der Waals surface area contributed by atoms with Crippen molar-refractivity contribution in [1.29, 1.82) is 0 Å². The molecule has 8 heteroatoms. The molecule has 3 aromatic rings. The zero-order valence-corrected chi connectivity index (χ0v) is 14.3. The summed E-state index contributed by atoms with van der Waals surface area (Å²) < 4.78 is 1.57. The minimum absolute atomic E-state index is 0.00951. The van der Waals surface area contributed by atoms with Crippen LogP contribution < -0.4 is 5.32 Å². The van der Waals surface area contributed by atoms with Crippen LogP contribution in [0.15, 0.2) is 48.5 Å². The lowest BCUT2D eigenvalue weighted by molar-refractivity contribution is -0.384. The van der Waals surface area contributed by atoms with Gasteiger partial charge in [0, 0.05) is 23.3 Å². The van der Waals surface area contributed by atoms with Gasteiger partial charge in [0.25, 0.3) is 11.6 Å². The number of amides is 1. The molecule has 0 spiro atoms. The van der Waals surface area contributed by atoms with Gasteiger partial charge < -0.3 is 5.32 Å². The molecule has 0 aliphatic rings. The Morgan fingerprint density at radius 1 is 1.12 bits per heavy atom. The maximum atomic E-state index is 12.2. The van der Waals surface area contributed by atoms with Gasteiger partial charge in [-0.15, -0.1) is 5.10 Å². The van der Waals surface area contributed by atoms with Gasteiger partial charge in [-0.3, -0.25) is 14.9 Å². The number of benzene rings is 2. The van der Waals surface area contributed by atoms with Gasteiger partial charge in [0.2, 0.25) is 0 Å². The van der Waals surface area contributed by atoms with Crippen molar-refractivity contribution in [2.75, 3.05) is 0 Å². The zero-order chi connectivity index (χ0) is 18.7. The molecule has 0 bridgehead atoms. The van der Waals surface area contributed by atoms with Gasteiger partial charge in [0.1, 0.15) is 12.5 Å².